The van der Waals surface area contributed by atoms with Gasteiger partial charge in [-0.25, -0.2) is 13.5 Å². The molecule has 1 aliphatic rings. The highest BCUT2D eigenvalue weighted by Gasteiger charge is 2.26. The molecule has 29 heavy (non-hydrogen) atoms. The summed E-state index contributed by atoms with van der Waals surface area (Å²) in [5, 5.41) is 13.9. The average Bonchev–Trinajstić information content (AvgIpc) is 3.09. The summed E-state index contributed by atoms with van der Waals surface area (Å²) in [7, 11) is 0. The third-order valence-electron chi connectivity index (χ3n) is 5.07. The van der Waals surface area contributed by atoms with Gasteiger partial charge in [-0.15, -0.1) is 5.10 Å². The minimum Gasteiger partial charge on any atom is -0.380 e. The lowest BCUT2D eigenvalue weighted by atomic mass is 9.94. The number of benzene rings is 2. The van der Waals surface area contributed by atoms with Crippen LogP contribution in [0.15, 0.2) is 48.7 Å². The molecule has 0 saturated carbocycles. The number of halogens is 2. The van der Waals surface area contributed by atoms with Gasteiger partial charge in [0.05, 0.1) is 18.4 Å². The van der Waals surface area contributed by atoms with E-state index in [4.69, 9.17) is 0 Å². The lowest BCUT2D eigenvalue weighted by molar-refractivity contribution is 0.0931. The van der Waals surface area contributed by atoms with E-state index in [2.05, 4.69) is 20.9 Å². The molecular formula is C21H21F2N5O. The van der Waals surface area contributed by atoms with Gasteiger partial charge in [-0.2, -0.15) is 0 Å². The number of nitrogens with zero attached hydrogens (tertiary/aromatic N) is 3. The van der Waals surface area contributed by atoms with Gasteiger partial charge in [-0.1, -0.05) is 42.5 Å². The Morgan fingerprint density at radius 3 is 2.86 bits per heavy atom. The number of nitrogens with one attached hydrogen (secondary N) is 2. The number of fused-ring (bicyclic) bond motifs is 1. The number of carbonyl (C=O) groups excluding carboxylic acids is 1. The Bertz CT molecular complexity index is 1020. The number of hydrogen-bond donors (Lipinski definition) is 2. The Morgan fingerprint density at radius 1 is 1.28 bits per heavy atom. The van der Waals surface area contributed by atoms with Crippen LogP contribution in [0.3, 0.4) is 0 Å². The van der Waals surface area contributed by atoms with Gasteiger partial charge in [0.2, 0.25) is 0 Å². The van der Waals surface area contributed by atoms with Crippen molar-refractivity contribution in [2.75, 3.05) is 11.9 Å². The van der Waals surface area contributed by atoms with Crippen LogP contribution in [-0.4, -0.2) is 33.5 Å². The van der Waals surface area contributed by atoms with Crippen LogP contribution in [0.25, 0.3) is 0 Å². The van der Waals surface area contributed by atoms with Gasteiger partial charge in [0.15, 0.2) is 5.69 Å². The predicted molar refractivity (Wildman–Crippen MR) is 105 cm³/mol. The molecule has 2 N–H and O–H groups in total. The Kier molecular flexibility index (Phi) is 5.24. The minimum atomic E-state index is -0.623. The van der Waals surface area contributed by atoms with Crippen molar-refractivity contribution in [3.63, 3.8) is 0 Å². The van der Waals surface area contributed by atoms with E-state index in [1.54, 1.807) is 10.9 Å². The molecule has 8 heteroatoms. The summed E-state index contributed by atoms with van der Waals surface area (Å²) < 4.78 is 29.3. The smallest absolute Gasteiger partial charge is 0.273 e. The maximum atomic E-state index is 14.1. The van der Waals surface area contributed by atoms with Gasteiger partial charge < -0.3 is 10.6 Å². The number of hydrogen-bond acceptors (Lipinski definition) is 4. The van der Waals surface area contributed by atoms with Crippen LogP contribution in [0.4, 0.5) is 14.5 Å². The predicted octanol–water partition coefficient (Wildman–Crippen LogP) is 3.32. The minimum absolute atomic E-state index is 0.121. The molecule has 0 radical (unpaired) electrons. The maximum absolute atomic E-state index is 14.1. The fourth-order valence-electron chi connectivity index (χ4n) is 3.65. The maximum Gasteiger partial charge on any atom is 0.273 e. The molecular weight excluding hydrogens is 376 g/mol. The summed E-state index contributed by atoms with van der Waals surface area (Å²) in [4.78, 5) is 12.6. The van der Waals surface area contributed by atoms with E-state index in [-0.39, 0.29) is 23.6 Å². The van der Waals surface area contributed by atoms with Crippen LogP contribution in [0.1, 0.15) is 40.9 Å². The monoisotopic (exact) mass is 397 g/mol. The molecule has 2 heterocycles. The largest absolute Gasteiger partial charge is 0.380 e. The molecule has 4 rings (SSSR count). The van der Waals surface area contributed by atoms with Crippen LogP contribution >= 0.6 is 0 Å². The van der Waals surface area contributed by atoms with Crippen LogP contribution in [-0.2, 0) is 6.54 Å². The first kappa shape index (κ1) is 19.0. The number of amides is 1. The third-order valence-corrected chi connectivity index (χ3v) is 5.07. The summed E-state index contributed by atoms with van der Waals surface area (Å²) in [5.41, 5.74) is 2.14. The average molecular weight is 397 g/mol. The quantitative estimate of drug-likeness (QED) is 0.709. The lowest BCUT2D eigenvalue weighted by Crippen LogP contribution is -2.39. The number of rotatable bonds is 4. The van der Waals surface area contributed by atoms with E-state index >= 15 is 0 Å². The van der Waals surface area contributed by atoms with Crippen LogP contribution < -0.4 is 10.6 Å². The second kappa shape index (κ2) is 7.98. The van der Waals surface area contributed by atoms with E-state index in [1.165, 1.54) is 6.07 Å². The zero-order valence-corrected chi connectivity index (χ0v) is 15.9. The van der Waals surface area contributed by atoms with E-state index < -0.39 is 11.6 Å². The third kappa shape index (κ3) is 4.26. The fourth-order valence-corrected chi connectivity index (χ4v) is 3.65. The van der Waals surface area contributed by atoms with Crippen LogP contribution in [0, 0.1) is 11.6 Å². The van der Waals surface area contributed by atoms with Crippen molar-refractivity contribution >= 4 is 11.6 Å². The first-order valence-electron chi connectivity index (χ1n) is 9.47. The molecule has 3 aromatic rings. The summed E-state index contributed by atoms with van der Waals surface area (Å²) in [5.74, 6) is -1.69. The molecule has 1 amide bonds. The zero-order chi connectivity index (χ0) is 20.4. The SMILES string of the molecule is C[C@H]1C[C@@H](NC(=O)c2cn(Cc3ccccc3)nn2)CNc2c(F)cc(F)cc21. The highest BCUT2D eigenvalue weighted by atomic mass is 19.1. The number of aromatic nitrogens is 3. The fraction of sp³-hybridized carbons (Fsp3) is 0.286. The van der Waals surface area contributed by atoms with E-state index in [9.17, 15) is 13.6 Å². The molecule has 1 aromatic heterocycles. The topological polar surface area (TPSA) is 71.8 Å². The van der Waals surface area contributed by atoms with E-state index in [0.29, 0.717) is 30.8 Å². The Hall–Kier alpha value is -3.29. The highest BCUT2D eigenvalue weighted by Crippen LogP contribution is 2.33. The molecule has 2 aromatic carbocycles. The summed E-state index contributed by atoms with van der Waals surface area (Å²) in [6.45, 7) is 2.74. The summed E-state index contributed by atoms with van der Waals surface area (Å²) >= 11 is 0. The van der Waals surface area contributed by atoms with Crippen molar-refractivity contribution in [1.82, 2.24) is 20.3 Å². The molecule has 0 spiro atoms. The summed E-state index contributed by atoms with van der Waals surface area (Å²) in [6.07, 6.45) is 2.15. The zero-order valence-electron chi connectivity index (χ0n) is 15.9. The van der Waals surface area contributed by atoms with Gasteiger partial charge in [0, 0.05) is 18.7 Å². The van der Waals surface area contributed by atoms with Crippen molar-refractivity contribution in [2.24, 2.45) is 0 Å². The number of carbonyl (C=O) groups is 1. The van der Waals surface area contributed by atoms with Gasteiger partial charge in [0.1, 0.15) is 11.6 Å². The molecule has 6 nitrogen and oxygen atoms in total. The normalized spacial score (nSPS) is 18.4. The molecule has 0 bridgehead atoms. The molecule has 0 unspecified atom stereocenters. The van der Waals surface area contributed by atoms with Crippen molar-refractivity contribution in [3.8, 4) is 0 Å². The van der Waals surface area contributed by atoms with Gasteiger partial charge in [0.25, 0.3) is 5.91 Å². The van der Waals surface area contributed by atoms with Crippen LogP contribution in [0.5, 0.6) is 0 Å². The second-order valence-electron chi connectivity index (χ2n) is 7.33. The Labute approximate surface area is 166 Å². The van der Waals surface area contributed by atoms with E-state index in [0.717, 1.165) is 11.6 Å². The Morgan fingerprint density at radius 2 is 2.07 bits per heavy atom. The molecule has 0 fully saturated rings. The second-order valence-corrected chi connectivity index (χ2v) is 7.33. The Balaban J connectivity index is 1.42. The molecule has 0 aliphatic carbocycles. The van der Waals surface area contributed by atoms with Crippen molar-refractivity contribution in [2.45, 2.75) is 31.8 Å². The van der Waals surface area contributed by atoms with E-state index in [1.807, 2.05) is 37.3 Å². The molecule has 150 valence electrons. The first-order valence-corrected chi connectivity index (χ1v) is 9.47. The molecule has 2 atom stereocenters. The highest BCUT2D eigenvalue weighted by molar-refractivity contribution is 5.92. The number of anilines is 1. The van der Waals surface area contributed by atoms with Crippen LogP contribution in [0.2, 0.25) is 0 Å². The van der Waals surface area contributed by atoms with Gasteiger partial charge in [-0.05, 0) is 29.5 Å². The van der Waals surface area contributed by atoms with Gasteiger partial charge in [-0.3, -0.25) is 4.79 Å². The van der Waals surface area contributed by atoms with Crippen molar-refractivity contribution < 1.29 is 13.6 Å². The van der Waals surface area contributed by atoms with Gasteiger partial charge >= 0.3 is 0 Å². The molecule has 1 aliphatic heterocycles. The van der Waals surface area contributed by atoms with Crippen molar-refractivity contribution in [1.29, 1.82) is 0 Å². The standard InChI is InChI=1S/C21H21F2N5O/c1-13-7-16(10-24-20-17(13)8-15(22)9-18(20)23)25-21(29)19-12-28(27-26-19)11-14-5-3-2-4-6-14/h2-6,8-9,12-13,16,24H,7,10-11H2,1H3,(H,25,29)/t13-,16+/m0/s1. The van der Waals surface area contributed by atoms with Crippen molar-refractivity contribution in [3.05, 3.63) is 77.1 Å². The molecule has 0 saturated heterocycles. The lowest BCUT2D eigenvalue weighted by Gasteiger charge is -2.18. The first-order chi connectivity index (χ1) is 14.0. The summed E-state index contributed by atoms with van der Waals surface area (Å²) in [6, 6.07) is 11.7.